The SMILES string of the molecule is CC(C)CCCC(C)[C@H]1CCC2C3CC=C4C[C@@H](OC(=O)CC(CC(=O)[O-])C(=O)[O-])CC[C@]4(C)C3CC[C@@]21C.[NH2-].[NH2-].[Pt+4]. The van der Waals surface area contributed by atoms with Crippen LogP contribution in [0.25, 0.3) is 12.3 Å². The van der Waals surface area contributed by atoms with Crippen LogP contribution in [0.4, 0.5) is 0 Å². The first-order chi connectivity index (χ1) is 18.3. The normalized spacial score (nSPS) is 34.5. The first-order valence-corrected chi connectivity index (χ1v) is 15.6. The number of carbonyl (C=O) groups excluding carboxylic acids is 3. The Morgan fingerprint density at radius 3 is 2.26 bits per heavy atom. The molecule has 0 aromatic carbocycles. The molecule has 0 heterocycles. The number of esters is 1. The Labute approximate surface area is 268 Å². The van der Waals surface area contributed by atoms with E-state index >= 15 is 0 Å². The van der Waals surface area contributed by atoms with Crippen molar-refractivity contribution in [2.24, 2.45) is 52.3 Å². The van der Waals surface area contributed by atoms with Crippen LogP contribution in [0.5, 0.6) is 0 Å². The first-order valence-electron chi connectivity index (χ1n) is 15.6. The second kappa shape index (κ2) is 15.7. The molecule has 3 saturated carbocycles. The monoisotopic (exact) mass is 769 g/mol. The van der Waals surface area contributed by atoms with Gasteiger partial charge in [-0.2, -0.15) is 0 Å². The van der Waals surface area contributed by atoms with Crippen LogP contribution in [0.2, 0.25) is 0 Å². The molecule has 0 spiro atoms. The van der Waals surface area contributed by atoms with Gasteiger partial charge in [-0.25, -0.2) is 0 Å². The average Bonchev–Trinajstić information content (AvgIpc) is 3.20. The Morgan fingerprint density at radius 1 is 0.952 bits per heavy atom. The predicted molar refractivity (Wildman–Crippen MR) is 156 cm³/mol. The molecule has 4 aliphatic rings. The van der Waals surface area contributed by atoms with E-state index in [1.165, 1.54) is 50.5 Å². The molecule has 0 radical (unpaired) electrons. The Bertz CT molecular complexity index is 972. The molecule has 242 valence electrons. The minimum Gasteiger partial charge on any atom is -0.693 e. The van der Waals surface area contributed by atoms with E-state index in [4.69, 9.17) is 4.74 Å². The summed E-state index contributed by atoms with van der Waals surface area (Å²) in [4.78, 5) is 34.5. The zero-order valence-electron chi connectivity index (χ0n) is 26.3. The molecule has 0 amide bonds. The van der Waals surface area contributed by atoms with Gasteiger partial charge in [-0.3, -0.25) is 4.79 Å². The number of carbonyl (C=O) groups is 3. The van der Waals surface area contributed by atoms with Gasteiger partial charge in [0, 0.05) is 24.3 Å². The smallest absolute Gasteiger partial charge is 0.693 e. The van der Waals surface area contributed by atoms with Gasteiger partial charge in [-0.15, -0.1) is 0 Å². The van der Waals surface area contributed by atoms with Crippen LogP contribution >= 0.6 is 0 Å². The van der Waals surface area contributed by atoms with Crippen LogP contribution in [0.15, 0.2) is 11.6 Å². The minimum absolute atomic E-state index is 0. The van der Waals surface area contributed by atoms with Crippen LogP contribution in [-0.2, 0) is 40.2 Å². The van der Waals surface area contributed by atoms with E-state index in [1.807, 2.05) is 0 Å². The van der Waals surface area contributed by atoms with Gasteiger partial charge in [0.1, 0.15) is 6.10 Å². The van der Waals surface area contributed by atoms with Crippen molar-refractivity contribution in [1.29, 1.82) is 0 Å². The third-order valence-corrected chi connectivity index (χ3v) is 11.7. The van der Waals surface area contributed by atoms with E-state index in [9.17, 15) is 24.6 Å². The summed E-state index contributed by atoms with van der Waals surface area (Å²) in [6.07, 6.45) is 13.9. The fraction of sp³-hybridized carbons (Fsp3) is 0.848. The first kappa shape index (κ1) is 38.8. The van der Waals surface area contributed by atoms with E-state index in [2.05, 4.69) is 40.7 Å². The van der Waals surface area contributed by atoms with Crippen LogP contribution in [0.1, 0.15) is 118 Å². The summed E-state index contributed by atoms with van der Waals surface area (Å²) in [5, 5.41) is 22.1. The van der Waals surface area contributed by atoms with Crippen LogP contribution < -0.4 is 10.2 Å². The van der Waals surface area contributed by atoms with Crippen molar-refractivity contribution < 1.29 is 50.4 Å². The molecule has 0 aliphatic heterocycles. The molecule has 4 N–H and O–H groups in total. The van der Waals surface area contributed by atoms with E-state index in [0.29, 0.717) is 17.8 Å². The van der Waals surface area contributed by atoms with Gasteiger partial charge in [0.05, 0.1) is 6.42 Å². The predicted octanol–water partition coefficient (Wildman–Crippen LogP) is 6.27. The summed E-state index contributed by atoms with van der Waals surface area (Å²) in [7, 11) is 0. The number of carboxylic acids is 2. The van der Waals surface area contributed by atoms with Crippen molar-refractivity contribution in [3.05, 3.63) is 24.0 Å². The van der Waals surface area contributed by atoms with Gasteiger partial charge in [0.2, 0.25) is 0 Å². The van der Waals surface area contributed by atoms with Gasteiger partial charge < -0.3 is 36.8 Å². The number of nitrogens with two attached hydrogens (primary N) is 2. The number of aliphatic carboxylic acids is 2. The Balaban J connectivity index is 0.00000294. The molecule has 0 saturated heterocycles. The largest absolute Gasteiger partial charge is 4.00 e. The molecule has 0 bridgehead atoms. The standard InChI is InChI=1S/C33H52O6.2H2N.Pt/c1-20(2)7-6-8-21(3)26-11-12-27-25-10-9-23-19-24(39-30(36)18-22(31(37)38)17-29(34)35)13-15-32(23,4)28(25)14-16-33(26,27)5;;;/h9,20-22,24-28H,6-8,10-19H2,1-5H3,(H,34,35)(H,37,38);2*1H2;/q;2*-1;+4/p-2/t21?,22?,24-,25?,26+,27?,28?,32-,33+;;;/m0.../s1. The Kier molecular flexibility index (Phi) is 14.5. The number of carboxylic acid groups (broad SMARTS) is 2. The minimum atomic E-state index is -1.56. The van der Waals surface area contributed by atoms with Crippen LogP contribution in [-0.4, -0.2) is 24.0 Å². The second-order valence-corrected chi connectivity index (χ2v) is 14.4. The molecule has 9 heteroatoms. The van der Waals surface area contributed by atoms with Gasteiger partial charge in [-0.1, -0.05) is 65.5 Å². The molecule has 9 atom stereocenters. The molecule has 4 aliphatic carbocycles. The van der Waals surface area contributed by atoms with Crippen molar-refractivity contribution in [1.82, 2.24) is 0 Å². The number of rotatable bonds is 11. The zero-order chi connectivity index (χ0) is 28.5. The van der Waals surface area contributed by atoms with Crippen molar-refractivity contribution in [3.8, 4) is 0 Å². The quantitative estimate of drug-likeness (QED) is 0.177. The maximum absolute atomic E-state index is 12.5. The summed E-state index contributed by atoms with van der Waals surface area (Å²) in [5.74, 6) is -0.524. The number of hydrogen-bond donors (Lipinski definition) is 0. The van der Waals surface area contributed by atoms with Crippen LogP contribution in [0.3, 0.4) is 0 Å². The second-order valence-electron chi connectivity index (χ2n) is 14.4. The molecule has 42 heavy (non-hydrogen) atoms. The molecule has 8 nitrogen and oxygen atoms in total. The molecular formula is C33H54N2O6Pt. The summed E-state index contributed by atoms with van der Waals surface area (Å²) < 4.78 is 5.67. The zero-order valence-corrected chi connectivity index (χ0v) is 28.6. The number of allylic oxidation sites excluding steroid dienone is 1. The van der Waals surface area contributed by atoms with Gasteiger partial charge in [-0.05, 0) is 97.7 Å². The molecule has 0 aromatic heterocycles. The summed E-state index contributed by atoms with van der Waals surface area (Å²) >= 11 is 0. The third-order valence-electron chi connectivity index (χ3n) is 11.7. The molecule has 3 fully saturated rings. The fourth-order valence-corrected chi connectivity index (χ4v) is 9.63. The average molecular weight is 770 g/mol. The maximum atomic E-state index is 12.5. The van der Waals surface area contributed by atoms with Crippen molar-refractivity contribution in [2.75, 3.05) is 0 Å². The number of ether oxygens (including phenoxy) is 1. The fourth-order valence-electron chi connectivity index (χ4n) is 9.63. The van der Waals surface area contributed by atoms with Crippen molar-refractivity contribution >= 4 is 17.9 Å². The van der Waals surface area contributed by atoms with E-state index in [1.54, 1.807) is 0 Å². The molecule has 4 rings (SSSR count). The van der Waals surface area contributed by atoms with Crippen LogP contribution in [0, 0.1) is 52.3 Å². The van der Waals surface area contributed by atoms with Crippen molar-refractivity contribution in [3.63, 3.8) is 0 Å². The summed E-state index contributed by atoms with van der Waals surface area (Å²) in [6.45, 7) is 12.2. The molecule has 0 aromatic rings. The molecular weight excluding hydrogens is 715 g/mol. The van der Waals surface area contributed by atoms with E-state index < -0.39 is 36.7 Å². The Morgan fingerprint density at radius 2 is 1.64 bits per heavy atom. The number of hydrogen-bond acceptors (Lipinski definition) is 6. The maximum Gasteiger partial charge on any atom is 4.00 e. The summed E-state index contributed by atoms with van der Waals surface area (Å²) in [6, 6.07) is 0. The third kappa shape index (κ3) is 8.07. The van der Waals surface area contributed by atoms with Gasteiger partial charge >= 0.3 is 27.0 Å². The van der Waals surface area contributed by atoms with Gasteiger partial charge in [0.15, 0.2) is 0 Å². The number of fused-ring (bicyclic) bond motifs is 5. The molecule has 5 unspecified atom stereocenters. The van der Waals surface area contributed by atoms with E-state index in [0.717, 1.165) is 48.9 Å². The topological polar surface area (TPSA) is 174 Å². The Hall–Kier alpha value is -1.24. The van der Waals surface area contributed by atoms with E-state index in [-0.39, 0.29) is 44.9 Å². The van der Waals surface area contributed by atoms with Crippen molar-refractivity contribution in [2.45, 2.75) is 124 Å². The van der Waals surface area contributed by atoms with Gasteiger partial charge in [0.25, 0.3) is 0 Å². The summed E-state index contributed by atoms with van der Waals surface area (Å²) in [5.41, 5.74) is 1.99.